The van der Waals surface area contributed by atoms with Gasteiger partial charge in [-0.3, -0.25) is 9.69 Å². The average Bonchev–Trinajstić information content (AvgIpc) is 2.87. The Morgan fingerprint density at radius 3 is 2.68 bits per heavy atom. The van der Waals surface area contributed by atoms with E-state index in [1.165, 1.54) is 0 Å². The van der Waals surface area contributed by atoms with Gasteiger partial charge in [-0.05, 0) is 26.1 Å². The molecular formula is C15H17F3N2O2. The van der Waals surface area contributed by atoms with Crippen molar-refractivity contribution < 1.29 is 22.4 Å². The van der Waals surface area contributed by atoms with E-state index in [4.69, 9.17) is 4.42 Å². The van der Waals surface area contributed by atoms with E-state index in [1.54, 1.807) is 11.9 Å². The molecule has 0 aliphatic heterocycles. The number of likely N-dealkylation sites (N-methyl/N-ethyl adjacent to an activating group) is 1. The predicted molar refractivity (Wildman–Crippen MR) is 76.3 cm³/mol. The molecule has 0 radical (unpaired) electrons. The first-order valence-electron chi connectivity index (χ1n) is 6.78. The quantitative estimate of drug-likeness (QED) is 0.922. The van der Waals surface area contributed by atoms with Gasteiger partial charge >= 0.3 is 6.18 Å². The average molecular weight is 314 g/mol. The highest BCUT2D eigenvalue weighted by molar-refractivity contribution is 5.79. The lowest BCUT2D eigenvalue weighted by Crippen LogP contribution is -2.40. The van der Waals surface area contributed by atoms with Gasteiger partial charge in [-0.15, -0.1) is 0 Å². The van der Waals surface area contributed by atoms with Crippen molar-refractivity contribution in [3.05, 3.63) is 36.1 Å². The molecule has 7 heteroatoms. The molecule has 22 heavy (non-hydrogen) atoms. The van der Waals surface area contributed by atoms with Gasteiger partial charge in [-0.25, -0.2) is 0 Å². The summed E-state index contributed by atoms with van der Waals surface area (Å²) in [6.07, 6.45) is -4.40. The predicted octanol–water partition coefficient (Wildman–Crippen LogP) is 3.10. The Labute approximate surface area is 125 Å². The van der Waals surface area contributed by atoms with Gasteiger partial charge in [0, 0.05) is 5.39 Å². The van der Waals surface area contributed by atoms with E-state index >= 15 is 0 Å². The van der Waals surface area contributed by atoms with Gasteiger partial charge in [0.1, 0.15) is 17.9 Å². The minimum absolute atomic E-state index is 0.145. The molecule has 0 saturated carbocycles. The second-order valence-corrected chi connectivity index (χ2v) is 5.17. The first-order chi connectivity index (χ1) is 10.3. The van der Waals surface area contributed by atoms with Crippen LogP contribution in [-0.2, 0) is 4.79 Å². The summed E-state index contributed by atoms with van der Waals surface area (Å²) in [7, 11) is 1.66. The van der Waals surface area contributed by atoms with E-state index in [0.29, 0.717) is 5.76 Å². The maximum absolute atomic E-state index is 12.1. The van der Waals surface area contributed by atoms with Crippen LogP contribution in [0.4, 0.5) is 13.2 Å². The molecule has 1 aromatic carbocycles. The van der Waals surface area contributed by atoms with Gasteiger partial charge < -0.3 is 9.73 Å². The van der Waals surface area contributed by atoms with Gasteiger partial charge in [0.2, 0.25) is 5.91 Å². The van der Waals surface area contributed by atoms with Crippen LogP contribution in [0.5, 0.6) is 0 Å². The number of para-hydroxylation sites is 1. The summed E-state index contributed by atoms with van der Waals surface area (Å²) in [4.78, 5) is 13.2. The second kappa shape index (κ2) is 6.39. The van der Waals surface area contributed by atoms with Crippen LogP contribution in [0.1, 0.15) is 18.7 Å². The molecule has 1 amide bonds. The number of fused-ring (bicyclic) bond motifs is 1. The first-order valence-corrected chi connectivity index (χ1v) is 6.78. The van der Waals surface area contributed by atoms with Crippen LogP contribution < -0.4 is 5.32 Å². The Morgan fingerprint density at radius 1 is 1.36 bits per heavy atom. The lowest BCUT2D eigenvalue weighted by molar-refractivity contribution is -0.139. The van der Waals surface area contributed by atoms with Crippen molar-refractivity contribution in [1.82, 2.24) is 10.2 Å². The van der Waals surface area contributed by atoms with Crippen LogP contribution in [0.15, 0.2) is 34.7 Å². The zero-order valence-corrected chi connectivity index (χ0v) is 12.3. The Morgan fingerprint density at radius 2 is 2.05 bits per heavy atom. The number of rotatable bonds is 5. The fourth-order valence-electron chi connectivity index (χ4n) is 2.04. The van der Waals surface area contributed by atoms with E-state index in [0.717, 1.165) is 11.0 Å². The van der Waals surface area contributed by atoms with E-state index < -0.39 is 18.6 Å². The molecule has 0 bridgehead atoms. The number of carbonyl (C=O) groups excluding carboxylic acids is 1. The summed E-state index contributed by atoms with van der Waals surface area (Å²) in [5, 5.41) is 2.79. The maximum Gasteiger partial charge on any atom is 0.405 e. The van der Waals surface area contributed by atoms with E-state index in [1.807, 2.05) is 42.6 Å². The number of carbonyl (C=O) groups is 1. The van der Waals surface area contributed by atoms with Crippen molar-refractivity contribution in [2.75, 3.05) is 20.1 Å². The minimum Gasteiger partial charge on any atom is -0.459 e. The van der Waals surface area contributed by atoms with Gasteiger partial charge in [0.05, 0.1) is 12.6 Å². The third kappa shape index (κ3) is 4.24. The molecule has 120 valence electrons. The maximum atomic E-state index is 12.1. The number of nitrogens with zero attached hydrogens (tertiary/aromatic N) is 1. The normalized spacial score (nSPS) is 13.5. The number of amides is 1. The van der Waals surface area contributed by atoms with Crippen molar-refractivity contribution in [3.63, 3.8) is 0 Å². The zero-order valence-electron chi connectivity index (χ0n) is 12.3. The van der Waals surface area contributed by atoms with Gasteiger partial charge in [0.15, 0.2) is 0 Å². The molecule has 2 rings (SSSR count). The molecule has 1 heterocycles. The van der Waals surface area contributed by atoms with Crippen LogP contribution in [0.2, 0.25) is 0 Å². The van der Waals surface area contributed by atoms with Crippen LogP contribution >= 0.6 is 0 Å². The standard InChI is InChI=1S/C15H17F3N2O2/c1-10(13-7-11-5-3-4-6-12(11)22-13)20(2)8-14(21)19-9-15(16,17)18/h3-7,10H,8-9H2,1-2H3,(H,19,21). The third-order valence-electron chi connectivity index (χ3n) is 3.40. The zero-order chi connectivity index (χ0) is 16.3. The topological polar surface area (TPSA) is 45.5 Å². The van der Waals surface area contributed by atoms with Crippen LogP contribution in [0.25, 0.3) is 11.0 Å². The number of furan rings is 1. The molecule has 0 fully saturated rings. The Bertz CT molecular complexity index is 619. The molecule has 1 unspecified atom stereocenters. The number of hydrogen-bond donors (Lipinski definition) is 1. The third-order valence-corrected chi connectivity index (χ3v) is 3.40. The highest BCUT2D eigenvalue weighted by Gasteiger charge is 2.28. The fraction of sp³-hybridized carbons (Fsp3) is 0.400. The summed E-state index contributed by atoms with van der Waals surface area (Å²) in [6, 6.07) is 9.12. The summed E-state index contributed by atoms with van der Waals surface area (Å²) >= 11 is 0. The van der Waals surface area contributed by atoms with E-state index in [-0.39, 0.29) is 12.6 Å². The van der Waals surface area contributed by atoms with Gasteiger partial charge in [-0.2, -0.15) is 13.2 Å². The second-order valence-electron chi connectivity index (χ2n) is 5.17. The smallest absolute Gasteiger partial charge is 0.405 e. The SMILES string of the molecule is CC(c1cc2ccccc2o1)N(C)CC(=O)NCC(F)(F)F. The number of halogens is 3. The number of nitrogens with one attached hydrogen (secondary N) is 1. The van der Waals surface area contributed by atoms with Crippen molar-refractivity contribution in [1.29, 1.82) is 0 Å². The summed E-state index contributed by atoms with van der Waals surface area (Å²) in [6.45, 7) is 0.363. The lowest BCUT2D eigenvalue weighted by atomic mass is 10.2. The summed E-state index contributed by atoms with van der Waals surface area (Å²) in [5.41, 5.74) is 0.735. The van der Waals surface area contributed by atoms with E-state index in [9.17, 15) is 18.0 Å². The van der Waals surface area contributed by atoms with Crippen LogP contribution in [0.3, 0.4) is 0 Å². The first kappa shape index (κ1) is 16.4. The Hall–Kier alpha value is -2.02. The van der Waals surface area contributed by atoms with Crippen molar-refractivity contribution in [2.24, 2.45) is 0 Å². The lowest BCUT2D eigenvalue weighted by Gasteiger charge is -2.22. The molecule has 0 saturated heterocycles. The Balaban J connectivity index is 1.96. The number of benzene rings is 1. The molecule has 1 aromatic heterocycles. The molecule has 1 atom stereocenters. The monoisotopic (exact) mass is 314 g/mol. The largest absolute Gasteiger partial charge is 0.459 e. The molecule has 0 spiro atoms. The van der Waals surface area contributed by atoms with Gasteiger partial charge in [-0.1, -0.05) is 18.2 Å². The van der Waals surface area contributed by atoms with Crippen LogP contribution in [0, 0.1) is 0 Å². The number of hydrogen-bond acceptors (Lipinski definition) is 3. The Kier molecular flexibility index (Phi) is 4.75. The molecule has 4 nitrogen and oxygen atoms in total. The highest BCUT2D eigenvalue weighted by atomic mass is 19.4. The minimum atomic E-state index is -4.40. The molecular weight excluding hydrogens is 297 g/mol. The van der Waals surface area contributed by atoms with E-state index in [2.05, 4.69) is 0 Å². The fourth-order valence-corrected chi connectivity index (χ4v) is 2.04. The summed E-state index contributed by atoms with van der Waals surface area (Å²) in [5.74, 6) is -0.0184. The molecule has 0 aliphatic carbocycles. The van der Waals surface area contributed by atoms with Crippen LogP contribution in [-0.4, -0.2) is 37.1 Å². The summed E-state index contributed by atoms with van der Waals surface area (Å²) < 4.78 is 41.8. The highest BCUT2D eigenvalue weighted by Crippen LogP contribution is 2.26. The molecule has 0 aliphatic rings. The van der Waals surface area contributed by atoms with Crippen molar-refractivity contribution >= 4 is 16.9 Å². The van der Waals surface area contributed by atoms with Crippen molar-refractivity contribution in [2.45, 2.75) is 19.1 Å². The van der Waals surface area contributed by atoms with Crippen molar-refractivity contribution in [3.8, 4) is 0 Å². The molecule has 1 N–H and O–H groups in total. The van der Waals surface area contributed by atoms with Gasteiger partial charge in [0.25, 0.3) is 0 Å². The molecule has 2 aromatic rings. The number of alkyl halides is 3.